The summed E-state index contributed by atoms with van der Waals surface area (Å²) < 4.78 is 13.7. The molecule has 0 aliphatic carbocycles. The molecular weight excluding hydrogens is 943 g/mol. The van der Waals surface area contributed by atoms with Crippen molar-refractivity contribution in [2.45, 2.75) is 38.9 Å². The minimum Gasteiger partial charge on any atom is -0.399 e. The predicted molar refractivity (Wildman–Crippen MR) is 307 cm³/mol. The van der Waals surface area contributed by atoms with E-state index < -0.39 is 0 Å². The van der Waals surface area contributed by atoms with Crippen LogP contribution < -0.4 is 15.3 Å². The Morgan fingerprint density at radius 3 is 0.736 bits per heavy atom. The van der Waals surface area contributed by atoms with Gasteiger partial charge in [0.15, 0.2) is 0 Å². The summed E-state index contributed by atoms with van der Waals surface area (Å²) in [5, 5.41) is 0. The van der Waals surface area contributed by atoms with Gasteiger partial charge in [-0.2, -0.15) is 0 Å². The van der Waals surface area contributed by atoms with E-state index in [0.29, 0.717) is 0 Å². The monoisotopic (exact) mass is 998 g/mol. The number of nitrogens with zero attached hydrogens (tertiary/aromatic N) is 2. The Morgan fingerprint density at radius 1 is 0.278 bits per heavy atom. The smallest absolute Gasteiger partial charge is 0.399 e. The van der Waals surface area contributed by atoms with Gasteiger partial charge in [0.05, 0.1) is 11.2 Å². The van der Waals surface area contributed by atoms with E-state index in [2.05, 4.69) is 296 Å². The van der Waals surface area contributed by atoms with Crippen molar-refractivity contribution in [1.29, 1.82) is 0 Å². The molecule has 1 heterocycles. The molecular formula is C66H56BBrN2O2. The molecule has 0 spiro atoms. The van der Waals surface area contributed by atoms with Crippen molar-refractivity contribution in [3.8, 4) is 44.5 Å². The topological polar surface area (TPSA) is 24.9 Å². The van der Waals surface area contributed by atoms with Crippen molar-refractivity contribution >= 4 is 62.6 Å². The number of halogens is 1. The van der Waals surface area contributed by atoms with Gasteiger partial charge < -0.3 is 19.1 Å². The zero-order valence-corrected chi connectivity index (χ0v) is 42.7. The van der Waals surface area contributed by atoms with Gasteiger partial charge in [-0.1, -0.05) is 198 Å². The molecule has 1 saturated heterocycles. The number of rotatable bonds is 11. The minimum absolute atomic E-state index is 0.372. The lowest BCUT2D eigenvalue weighted by atomic mass is 9.79. The van der Waals surface area contributed by atoms with Gasteiger partial charge in [-0.25, -0.2) is 0 Å². The van der Waals surface area contributed by atoms with Gasteiger partial charge in [0.1, 0.15) is 0 Å². The summed E-state index contributed by atoms with van der Waals surface area (Å²) in [6.07, 6.45) is 0. The summed E-state index contributed by atoms with van der Waals surface area (Å²) in [4.78, 5) is 4.58. The van der Waals surface area contributed by atoms with E-state index in [1.165, 1.54) is 44.5 Å². The summed E-state index contributed by atoms with van der Waals surface area (Å²) in [5.41, 5.74) is 16.6. The average molecular weight is 1000 g/mol. The zero-order chi connectivity index (χ0) is 49.5. The van der Waals surface area contributed by atoms with Crippen molar-refractivity contribution in [3.63, 3.8) is 0 Å². The highest BCUT2D eigenvalue weighted by Gasteiger charge is 2.51. The van der Waals surface area contributed by atoms with Crippen LogP contribution in [0.25, 0.3) is 44.5 Å². The number of hydrogen-bond donors (Lipinski definition) is 0. The average Bonchev–Trinajstić information content (AvgIpc) is 3.66. The van der Waals surface area contributed by atoms with Crippen LogP contribution in [-0.2, 0) is 9.31 Å². The molecule has 1 aliphatic heterocycles. The molecule has 10 aromatic rings. The van der Waals surface area contributed by atoms with Crippen LogP contribution in [0.3, 0.4) is 0 Å². The maximum atomic E-state index is 6.29. The van der Waals surface area contributed by atoms with Gasteiger partial charge >= 0.3 is 7.12 Å². The standard InChI is InChI=1S/C36H34BNO2.C30H22BrN/c1-35(2)36(3,4)40-37(39-35)31-19-25-34(26-20-31)38(32-21-15-29(16-22-32)27-11-7-5-8-12-27)33-23-17-30(18-24-33)28-13-9-6-10-14-28;31-27-15-21-30(22-16-27)32(28-17-11-25(12-18-28)23-7-3-1-4-8-23)29-19-13-26(14-20-29)24-9-5-2-6-10-24/h5-26H,1-4H3;1-22H. The van der Waals surface area contributed by atoms with Crippen LogP contribution in [0.2, 0.25) is 0 Å². The Kier molecular flexibility index (Phi) is 14.2. The van der Waals surface area contributed by atoms with Crippen LogP contribution in [0.1, 0.15) is 27.7 Å². The van der Waals surface area contributed by atoms with Crippen LogP contribution in [0.15, 0.2) is 271 Å². The third kappa shape index (κ3) is 10.8. The fraction of sp³-hybridized carbons (Fsp3) is 0.0909. The molecule has 0 amide bonds. The summed E-state index contributed by atoms with van der Waals surface area (Å²) in [6, 6.07) is 93.9. The molecule has 6 heteroatoms. The maximum Gasteiger partial charge on any atom is 0.494 e. The second-order valence-corrected chi connectivity index (χ2v) is 19.9. The van der Waals surface area contributed by atoms with Crippen LogP contribution in [0, 0.1) is 0 Å². The van der Waals surface area contributed by atoms with Gasteiger partial charge in [0.2, 0.25) is 0 Å². The van der Waals surface area contributed by atoms with E-state index in [0.717, 1.165) is 44.1 Å². The van der Waals surface area contributed by atoms with Crippen LogP contribution in [-0.4, -0.2) is 18.3 Å². The molecule has 0 bridgehead atoms. The van der Waals surface area contributed by atoms with Gasteiger partial charge in [0, 0.05) is 38.6 Å². The van der Waals surface area contributed by atoms with E-state index in [-0.39, 0.29) is 18.3 Å². The molecule has 72 heavy (non-hydrogen) atoms. The number of anilines is 6. The van der Waals surface area contributed by atoms with E-state index >= 15 is 0 Å². The first-order chi connectivity index (χ1) is 35.1. The Labute approximate surface area is 434 Å². The van der Waals surface area contributed by atoms with Gasteiger partial charge in [-0.3, -0.25) is 0 Å². The van der Waals surface area contributed by atoms with Gasteiger partial charge in [-0.05, 0) is 163 Å². The number of hydrogen-bond acceptors (Lipinski definition) is 4. The molecule has 0 unspecified atom stereocenters. The summed E-state index contributed by atoms with van der Waals surface area (Å²) >= 11 is 3.56. The lowest BCUT2D eigenvalue weighted by Crippen LogP contribution is -2.41. The first-order valence-electron chi connectivity index (χ1n) is 24.5. The Morgan fingerprint density at radius 2 is 0.486 bits per heavy atom. The molecule has 0 aromatic heterocycles. The summed E-state index contributed by atoms with van der Waals surface area (Å²) in [6.45, 7) is 8.34. The van der Waals surface area contributed by atoms with E-state index in [4.69, 9.17) is 9.31 Å². The third-order valence-electron chi connectivity index (χ3n) is 13.7. The highest BCUT2D eigenvalue weighted by Crippen LogP contribution is 2.40. The Balaban J connectivity index is 0.000000170. The lowest BCUT2D eigenvalue weighted by molar-refractivity contribution is 0.00578. The highest BCUT2D eigenvalue weighted by molar-refractivity contribution is 9.10. The molecule has 11 rings (SSSR count). The predicted octanol–water partition coefficient (Wildman–Crippen LogP) is 18.0. The molecule has 0 radical (unpaired) electrons. The third-order valence-corrected chi connectivity index (χ3v) is 14.2. The molecule has 1 fully saturated rings. The molecule has 0 N–H and O–H groups in total. The van der Waals surface area contributed by atoms with E-state index in [9.17, 15) is 0 Å². The fourth-order valence-corrected chi connectivity index (χ4v) is 9.24. The number of benzene rings is 10. The first-order valence-corrected chi connectivity index (χ1v) is 25.3. The largest absolute Gasteiger partial charge is 0.494 e. The van der Waals surface area contributed by atoms with Crippen molar-refractivity contribution in [1.82, 2.24) is 0 Å². The Hall–Kier alpha value is -7.74. The zero-order valence-electron chi connectivity index (χ0n) is 41.1. The maximum absolute atomic E-state index is 6.29. The summed E-state index contributed by atoms with van der Waals surface area (Å²) in [5.74, 6) is 0. The molecule has 10 aromatic carbocycles. The van der Waals surface area contributed by atoms with Crippen molar-refractivity contribution in [2.75, 3.05) is 9.80 Å². The molecule has 4 nitrogen and oxygen atoms in total. The highest BCUT2D eigenvalue weighted by atomic mass is 79.9. The molecule has 352 valence electrons. The lowest BCUT2D eigenvalue weighted by Gasteiger charge is -2.32. The van der Waals surface area contributed by atoms with Gasteiger partial charge in [0.25, 0.3) is 0 Å². The van der Waals surface area contributed by atoms with Crippen LogP contribution in [0.4, 0.5) is 34.1 Å². The fourth-order valence-electron chi connectivity index (χ4n) is 8.98. The SMILES string of the molecule is Brc1ccc(N(c2ccc(-c3ccccc3)cc2)c2ccc(-c3ccccc3)cc2)cc1.CC1(C)OB(c2ccc(N(c3ccc(-c4ccccc4)cc3)c3ccc(-c4ccccc4)cc3)cc2)OC1(C)C. The summed E-state index contributed by atoms with van der Waals surface area (Å²) in [7, 11) is -0.386. The first kappa shape index (κ1) is 47.9. The van der Waals surface area contributed by atoms with Gasteiger partial charge in [-0.15, -0.1) is 0 Å². The second-order valence-electron chi connectivity index (χ2n) is 19.0. The van der Waals surface area contributed by atoms with E-state index in [1.807, 2.05) is 24.3 Å². The van der Waals surface area contributed by atoms with E-state index in [1.54, 1.807) is 0 Å². The Bertz CT molecular complexity index is 3120. The minimum atomic E-state index is -0.386. The van der Waals surface area contributed by atoms with Crippen LogP contribution >= 0.6 is 15.9 Å². The second kappa shape index (κ2) is 21.3. The van der Waals surface area contributed by atoms with Crippen LogP contribution in [0.5, 0.6) is 0 Å². The molecule has 0 atom stereocenters. The normalized spacial score (nSPS) is 13.4. The molecule has 0 saturated carbocycles. The van der Waals surface area contributed by atoms with Crippen molar-refractivity contribution in [3.05, 3.63) is 271 Å². The quantitative estimate of drug-likeness (QED) is 0.121. The molecule has 1 aliphatic rings. The van der Waals surface area contributed by atoms with Crippen molar-refractivity contribution in [2.24, 2.45) is 0 Å². The van der Waals surface area contributed by atoms with Crippen molar-refractivity contribution < 1.29 is 9.31 Å².